The maximum Gasteiger partial charge on any atom is 0.190 e. The average Bonchev–Trinajstić information content (AvgIpc) is 2.47. The molecule has 1 aromatic carbocycles. The number of carbonyl (C=O) groups is 2. The van der Waals surface area contributed by atoms with Gasteiger partial charge in [-0.25, -0.2) is 0 Å². The van der Waals surface area contributed by atoms with E-state index < -0.39 is 5.54 Å². The lowest BCUT2D eigenvalue weighted by atomic mass is 9.91. The van der Waals surface area contributed by atoms with Crippen LogP contribution in [0.25, 0.3) is 0 Å². The molecule has 0 amide bonds. The standard InChI is InChI=1S/C16H21NO3S/c1-12(18)21-14-6-4-13(5-7-14)15(19)16(2,3)17-8-10-20-11-9-17/h4-7H,8-11H2,1-3H3. The zero-order valence-corrected chi connectivity index (χ0v) is 13.5. The summed E-state index contributed by atoms with van der Waals surface area (Å²) in [6.07, 6.45) is 0. The molecular formula is C16H21NO3S. The zero-order chi connectivity index (χ0) is 15.5. The van der Waals surface area contributed by atoms with Crippen LogP contribution in [0.15, 0.2) is 29.2 Å². The topological polar surface area (TPSA) is 46.6 Å². The summed E-state index contributed by atoms with van der Waals surface area (Å²) < 4.78 is 5.35. The van der Waals surface area contributed by atoms with Crippen molar-refractivity contribution < 1.29 is 14.3 Å². The Hall–Kier alpha value is -1.17. The molecule has 1 saturated heterocycles. The van der Waals surface area contributed by atoms with Crippen LogP contribution in [0, 0.1) is 0 Å². The van der Waals surface area contributed by atoms with Gasteiger partial charge in [-0.15, -0.1) is 0 Å². The Morgan fingerprint density at radius 2 is 1.71 bits per heavy atom. The summed E-state index contributed by atoms with van der Waals surface area (Å²) in [5.74, 6) is 0.101. The Bertz CT molecular complexity index is 519. The number of carbonyl (C=O) groups excluding carboxylic acids is 2. The van der Waals surface area contributed by atoms with E-state index in [0.29, 0.717) is 18.8 Å². The fourth-order valence-electron chi connectivity index (χ4n) is 2.46. The van der Waals surface area contributed by atoms with Crippen molar-refractivity contribution in [3.63, 3.8) is 0 Å². The second-order valence-electron chi connectivity index (χ2n) is 5.61. The molecule has 0 N–H and O–H groups in total. The number of Topliss-reactive ketones (excluding diaryl/α,β-unsaturated/α-hetero) is 1. The van der Waals surface area contributed by atoms with E-state index in [0.717, 1.165) is 18.0 Å². The monoisotopic (exact) mass is 307 g/mol. The Balaban J connectivity index is 2.12. The lowest BCUT2D eigenvalue weighted by molar-refractivity contribution is -0.109. The number of benzene rings is 1. The summed E-state index contributed by atoms with van der Waals surface area (Å²) in [5, 5.41) is 0.0442. The van der Waals surface area contributed by atoms with Gasteiger partial charge in [-0.05, 0) is 26.0 Å². The van der Waals surface area contributed by atoms with Crippen molar-refractivity contribution in [1.82, 2.24) is 4.90 Å². The molecule has 114 valence electrons. The molecule has 0 saturated carbocycles. The van der Waals surface area contributed by atoms with Gasteiger partial charge in [0.1, 0.15) is 0 Å². The molecular weight excluding hydrogens is 286 g/mol. The quantitative estimate of drug-likeness (QED) is 0.632. The van der Waals surface area contributed by atoms with E-state index in [1.54, 1.807) is 12.1 Å². The van der Waals surface area contributed by atoms with Crippen LogP contribution < -0.4 is 0 Å². The number of morpholine rings is 1. The van der Waals surface area contributed by atoms with Crippen LogP contribution >= 0.6 is 11.8 Å². The summed E-state index contributed by atoms with van der Waals surface area (Å²) in [7, 11) is 0. The van der Waals surface area contributed by atoms with E-state index in [-0.39, 0.29) is 10.9 Å². The SMILES string of the molecule is CC(=O)Sc1ccc(C(=O)C(C)(C)N2CCOCC2)cc1. The number of ketones is 1. The van der Waals surface area contributed by atoms with E-state index in [9.17, 15) is 9.59 Å². The number of thioether (sulfide) groups is 1. The van der Waals surface area contributed by atoms with Crippen molar-refractivity contribution in [2.45, 2.75) is 31.2 Å². The van der Waals surface area contributed by atoms with Crippen LogP contribution in [0.5, 0.6) is 0 Å². The van der Waals surface area contributed by atoms with Gasteiger partial charge >= 0.3 is 0 Å². The minimum atomic E-state index is -0.543. The molecule has 1 aliphatic rings. The fraction of sp³-hybridized carbons (Fsp3) is 0.500. The molecule has 0 unspecified atom stereocenters. The van der Waals surface area contributed by atoms with Gasteiger partial charge in [-0.3, -0.25) is 14.5 Å². The lowest BCUT2D eigenvalue weighted by Gasteiger charge is -2.39. The second-order valence-corrected chi connectivity index (χ2v) is 6.86. The number of ether oxygens (including phenoxy) is 1. The molecule has 0 spiro atoms. The summed E-state index contributed by atoms with van der Waals surface area (Å²) in [4.78, 5) is 26.8. The minimum Gasteiger partial charge on any atom is -0.379 e. The van der Waals surface area contributed by atoms with Crippen molar-refractivity contribution in [3.05, 3.63) is 29.8 Å². The van der Waals surface area contributed by atoms with Crippen LogP contribution in [-0.4, -0.2) is 47.6 Å². The lowest BCUT2D eigenvalue weighted by Crippen LogP contribution is -2.54. The highest BCUT2D eigenvalue weighted by molar-refractivity contribution is 8.13. The average molecular weight is 307 g/mol. The first-order valence-corrected chi connectivity index (χ1v) is 7.89. The number of nitrogens with zero attached hydrogens (tertiary/aromatic N) is 1. The molecule has 0 radical (unpaired) electrons. The molecule has 0 aliphatic carbocycles. The first kappa shape index (κ1) is 16.2. The molecule has 1 fully saturated rings. The van der Waals surface area contributed by atoms with E-state index in [2.05, 4.69) is 4.90 Å². The van der Waals surface area contributed by atoms with Gasteiger partial charge in [-0.1, -0.05) is 23.9 Å². The maximum atomic E-state index is 12.7. The van der Waals surface area contributed by atoms with Crippen molar-refractivity contribution in [3.8, 4) is 0 Å². The van der Waals surface area contributed by atoms with Gasteiger partial charge in [0.15, 0.2) is 10.9 Å². The summed E-state index contributed by atoms with van der Waals surface area (Å²) in [5.41, 5.74) is 0.137. The summed E-state index contributed by atoms with van der Waals surface area (Å²) >= 11 is 1.18. The van der Waals surface area contributed by atoms with Crippen LogP contribution in [0.3, 0.4) is 0 Å². The Morgan fingerprint density at radius 1 is 1.14 bits per heavy atom. The third-order valence-electron chi connectivity index (χ3n) is 3.74. The number of rotatable bonds is 4. The van der Waals surface area contributed by atoms with Crippen molar-refractivity contribution in [2.75, 3.05) is 26.3 Å². The third kappa shape index (κ3) is 3.93. The predicted molar refractivity (Wildman–Crippen MR) is 83.8 cm³/mol. The van der Waals surface area contributed by atoms with Crippen LogP contribution in [-0.2, 0) is 9.53 Å². The van der Waals surface area contributed by atoms with E-state index in [4.69, 9.17) is 4.74 Å². The smallest absolute Gasteiger partial charge is 0.190 e. The molecule has 0 aromatic heterocycles. The molecule has 21 heavy (non-hydrogen) atoms. The van der Waals surface area contributed by atoms with Gasteiger partial charge in [0.2, 0.25) is 0 Å². The summed E-state index contributed by atoms with van der Waals surface area (Å²) in [6, 6.07) is 7.26. The maximum absolute atomic E-state index is 12.7. The first-order valence-electron chi connectivity index (χ1n) is 7.07. The van der Waals surface area contributed by atoms with Gasteiger partial charge in [-0.2, -0.15) is 0 Å². The van der Waals surface area contributed by atoms with Crippen molar-refractivity contribution in [2.24, 2.45) is 0 Å². The summed E-state index contributed by atoms with van der Waals surface area (Å²) in [6.45, 7) is 8.34. The number of hydrogen-bond acceptors (Lipinski definition) is 5. The fourth-order valence-corrected chi connectivity index (χ4v) is 3.06. The van der Waals surface area contributed by atoms with E-state index >= 15 is 0 Å². The van der Waals surface area contributed by atoms with Crippen LogP contribution in [0.1, 0.15) is 31.1 Å². The predicted octanol–water partition coefficient (Wildman–Crippen LogP) is 2.62. The van der Waals surface area contributed by atoms with Crippen LogP contribution in [0.4, 0.5) is 0 Å². The zero-order valence-electron chi connectivity index (χ0n) is 12.7. The largest absolute Gasteiger partial charge is 0.379 e. The van der Waals surface area contributed by atoms with Gasteiger partial charge < -0.3 is 4.74 Å². The third-order valence-corrected chi connectivity index (χ3v) is 4.53. The highest BCUT2D eigenvalue weighted by Gasteiger charge is 2.35. The van der Waals surface area contributed by atoms with Crippen molar-refractivity contribution in [1.29, 1.82) is 0 Å². The van der Waals surface area contributed by atoms with Gasteiger partial charge in [0.05, 0.1) is 18.8 Å². The van der Waals surface area contributed by atoms with E-state index in [1.807, 2.05) is 26.0 Å². The molecule has 4 nitrogen and oxygen atoms in total. The van der Waals surface area contributed by atoms with Gasteiger partial charge in [0, 0.05) is 30.5 Å². The Morgan fingerprint density at radius 3 is 2.24 bits per heavy atom. The molecule has 2 rings (SSSR count). The first-order chi connectivity index (χ1) is 9.91. The highest BCUT2D eigenvalue weighted by Crippen LogP contribution is 2.24. The Kier molecular flexibility index (Phi) is 5.19. The minimum absolute atomic E-state index is 0.0442. The van der Waals surface area contributed by atoms with Crippen molar-refractivity contribution >= 4 is 22.7 Å². The second kappa shape index (κ2) is 6.73. The molecule has 1 aliphatic heterocycles. The molecule has 0 bridgehead atoms. The van der Waals surface area contributed by atoms with Crippen LogP contribution in [0.2, 0.25) is 0 Å². The normalized spacial score (nSPS) is 16.7. The number of hydrogen-bond donors (Lipinski definition) is 0. The van der Waals surface area contributed by atoms with Gasteiger partial charge in [0.25, 0.3) is 0 Å². The highest BCUT2D eigenvalue weighted by atomic mass is 32.2. The Labute approximate surface area is 129 Å². The molecule has 1 aromatic rings. The molecule has 0 atom stereocenters. The van der Waals surface area contributed by atoms with E-state index in [1.165, 1.54) is 18.7 Å². The molecule has 5 heteroatoms. The molecule has 1 heterocycles.